The molecule has 1 fully saturated rings. The first-order valence-corrected chi connectivity index (χ1v) is 9.37. The van der Waals surface area contributed by atoms with E-state index >= 15 is 0 Å². The van der Waals surface area contributed by atoms with Gasteiger partial charge in [0.15, 0.2) is 6.61 Å². The number of carbonyl (C=O) groups excluding carboxylic acids is 3. The number of furan rings is 1. The molecule has 2 aromatic rings. The smallest absolute Gasteiger partial charge is 0.321 e. The van der Waals surface area contributed by atoms with Gasteiger partial charge in [-0.15, -0.1) is 0 Å². The van der Waals surface area contributed by atoms with Crippen LogP contribution in [0.2, 0.25) is 0 Å². The molecule has 1 aromatic heterocycles. The van der Waals surface area contributed by atoms with Gasteiger partial charge in [0, 0.05) is 23.1 Å². The zero-order chi connectivity index (χ0) is 20.1. The number of amides is 3. The second-order valence-corrected chi connectivity index (χ2v) is 7.17. The molecule has 3 rings (SSSR count). The quantitative estimate of drug-likeness (QED) is 0.678. The summed E-state index contributed by atoms with van der Waals surface area (Å²) in [5.74, 6) is -0.865. The third kappa shape index (κ3) is 5.03. The van der Waals surface area contributed by atoms with E-state index in [4.69, 9.17) is 9.15 Å². The van der Waals surface area contributed by atoms with Crippen molar-refractivity contribution >= 4 is 28.9 Å². The fraction of sp³-hybridized carbons (Fsp3) is 0.450. The third-order valence-corrected chi connectivity index (χ3v) is 5.02. The largest absolute Gasteiger partial charge is 0.508 e. The Labute approximate surface area is 162 Å². The first kappa shape index (κ1) is 19.7. The number of imide groups is 1. The lowest BCUT2D eigenvalue weighted by molar-refractivity contribution is -0.147. The van der Waals surface area contributed by atoms with Crippen LogP contribution in [0.5, 0.6) is 5.75 Å². The average molecular weight is 388 g/mol. The molecule has 150 valence electrons. The molecular formula is C20H24N2O6. The number of ether oxygens (including phenoxy) is 1. The normalized spacial score (nSPS) is 19.2. The molecule has 0 radical (unpaired) electrons. The molecule has 1 heterocycles. The first-order chi connectivity index (χ1) is 13.4. The number of esters is 1. The fourth-order valence-corrected chi connectivity index (χ4v) is 3.46. The minimum absolute atomic E-state index is 0.0536. The second kappa shape index (κ2) is 8.77. The maximum absolute atomic E-state index is 12.0. The summed E-state index contributed by atoms with van der Waals surface area (Å²) < 4.78 is 10.2. The summed E-state index contributed by atoms with van der Waals surface area (Å²) in [7, 11) is 0. The number of benzene rings is 1. The van der Waals surface area contributed by atoms with E-state index in [0.717, 1.165) is 25.7 Å². The Morgan fingerprint density at radius 2 is 2.04 bits per heavy atom. The van der Waals surface area contributed by atoms with E-state index in [0.29, 0.717) is 22.5 Å². The number of rotatable bonds is 5. The summed E-state index contributed by atoms with van der Waals surface area (Å²) >= 11 is 0. The van der Waals surface area contributed by atoms with Gasteiger partial charge < -0.3 is 19.6 Å². The zero-order valence-electron chi connectivity index (χ0n) is 15.7. The van der Waals surface area contributed by atoms with Crippen LogP contribution in [0.4, 0.5) is 4.79 Å². The van der Waals surface area contributed by atoms with Crippen LogP contribution in [-0.2, 0) is 20.7 Å². The molecule has 1 aliphatic rings. The molecule has 8 nitrogen and oxygen atoms in total. The lowest BCUT2D eigenvalue weighted by Crippen LogP contribution is -2.48. The van der Waals surface area contributed by atoms with E-state index < -0.39 is 24.5 Å². The van der Waals surface area contributed by atoms with Crippen molar-refractivity contribution in [2.45, 2.75) is 45.1 Å². The van der Waals surface area contributed by atoms with Gasteiger partial charge in [0.05, 0.1) is 12.7 Å². The van der Waals surface area contributed by atoms with E-state index in [-0.39, 0.29) is 18.2 Å². The highest BCUT2D eigenvalue weighted by Crippen LogP contribution is 2.25. The van der Waals surface area contributed by atoms with Gasteiger partial charge in [-0.1, -0.05) is 19.8 Å². The third-order valence-electron chi connectivity index (χ3n) is 5.02. The van der Waals surface area contributed by atoms with Gasteiger partial charge in [-0.05, 0) is 30.9 Å². The standard InChI is InChI=1S/C20H24N2O6/c1-12-4-2-3-5-16(12)21-20(26)22-18(24)11-28-19(25)8-13-10-27-17-9-14(23)6-7-15(13)17/h6-7,9-10,12,16,23H,2-5,8,11H2,1H3,(H2,21,22,24,26)/t12-,16+/m1/s1. The van der Waals surface area contributed by atoms with Crippen molar-refractivity contribution in [3.05, 3.63) is 30.0 Å². The van der Waals surface area contributed by atoms with Gasteiger partial charge in [0.25, 0.3) is 5.91 Å². The zero-order valence-corrected chi connectivity index (χ0v) is 15.7. The van der Waals surface area contributed by atoms with Gasteiger partial charge in [-0.25, -0.2) is 4.79 Å². The minimum atomic E-state index is -0.684. The van der Waals surface area contributed by atoms with Gasteiger partial charge in [0.1, 0.15) is 11.3 Å². The van der Waals surface area contributed by atoms with Crippen LogP contribution in [0.15, 0.2) is 28.9 Å². The van der Waals surface area contributed by atoms with Crippen molar-refractivity contribution in [2.75, 3.05) is 6.61 Å². The molecule has 0 bridgehead atoms. The highest BCUT2D eigenvalue weighted by atomic mass is 16.5. The fourth-order valence-electron chi connectivity index (χ4n) is 3.46. The van der Waals surface area contributed by atoms with Crippen molar-refractivity contribution in [2.24, 2.45) is 5.92 Å². The average Bonchev–Trinajstić information content (AvgIpc) is 3.03. The van der Waals surface area contributed by atoms with Crippen molar-refractivity contribution < 1.29 is 28.6 Å². The van der Waals surface area contributed by atoms with Crippen LogP contribution in [0.25, 0.3) is 11.0 Å². The second-order valence-electron chi connectivity index (χ2n) is 7.17. The topological polar surface area (TPSA) is 118 Å². The Morgan fingerprint density at radius 1 is 1.25 bits per heavy atom. The first-order valence-electron chi connectivity index (χ1n) is 9.37. The Hall–Kier alpha value is -3.03. The summed E-state index contributed by atoms with van der Waals surface area (Å²) in [5.41, 5.74) is 1.04. The Morgan fingerprint density at radius 3 is 2.82 bits per heavy atom. The van der Waals surface area contributed by atoms with E-state index in [2.05, 4.69) is 17.6 Å². The molecule has 0 unspecified atom stereocenters. The Bertz CT molecular complexity index is 875. The van der Waals surface area contributed by atoms with Gasteiger partial charge in [0.2, 0.25) is 0 Å². The number of hydrogen-bond acceptors (Lipinski definition) is 6. The molecule has 8 heteroatoms. The lowest BCUT2D eigenvalue weighted by atomic mass is 9.86. The number of phenolic OH excluding ortho intramolecular Hbond substituents is 1. The van der Waals surface area contributed by atoms with Gasteiger partial charge in [-0.3, -0.25) is 14.9 Å². The number of fused-ring (bicyclic) bond motifs is 1. The SMILES string of the molecule is C[C@@H]1CCCC[C@@H]1NC(=O)NC(=O)COC(=O)Cc1coc2cc(O)ccc12. The van der Waals surface area contributed by atoms with E-state index in [1.54, 1.807) is 6.07 Å². The van der Waals surface area contributed by atoms with Crippen LogP contribution in [0.3, 0.4) is 0 Å². The molecule has 0 spiro atoms. The van der Waals surface area contributed by atoms with Crippen LogP contribution >= 0.6 is 0 Å². The molecule has 1 saturated carbocycles. The molecule has 1 aliphatic carbocycles. The Kier molecular flexibility index (Phi) is 6.18. The van der Waals surface area contributed by atoms with E-state index in [9.17, 15) is 19.5 Å². The highest BCUT2D eigenvalue weighted by Gasteiger charge is 2.23. The van der Waals surface area contributed by atoms with Gasteiger partial charge >= 0.3 is 12.0 Å². The molecule has 3 amide bonds. The summed E-state index contributed by atoms with van der Waals surface area (Å²) in [4.78, 5) is 35.7. The number of nitrogens with one attached hydrogen (secondary N) is 2. The number of phenols is 1. The number of hydrogen-bond donors (Lipinski definition) is 3. The number of carbonyl (C=O) groups is 3. The van der Waals surface area contributed by atoms with Crippen molar-refractivity contribution in [3.8, 4) is 5.75 Å². The van der Waals surface area contributed by atoms with E-state index in [1.165, 1.54) is 18.4 Å². The van der Waals surface area contributed by atoms with Crippen molar-refractivity contribution in [1.82, 2.24) is 10.6 Å². The predicted molar refractivity (Wildman–Crippen MR) is 101 cm³/mol. The maximum Gasteiger partial charge on any atom is 0.321 e. The van der Waals surface area contributed by atoms with Crippen molar-refractivity contribution in [1.29, 1.82) is 0 Å². The van der Waals surface area contributed by atoms with Crippen LogP contribution in [-0.4, -0.2) is 35.7 Å². The molecule has 0 saturated heterocycles. The predicted octanol–water partition coefficient (Wildman–Crippen LogP) is 2.63. The summed E-state index contributed by atoms with van der Waals surface area (Å²) in [6, 6.07) is 4.06. The summed E-state index contributed by atoms with van der Waals surface area (Å²) in [6.45, 7) is 1.54. The van der Waals surface area contributed by atoms with Crippen LogP contribution in [0, 0.1) is 5.92 Å². The minimum Gasteiger partial charge on any atom is -0.508 e. The molecule has 1 aromatic carbocycles. The lowest BCUT2D eigenvalue weighted by Gasteiger charge is -2.29. The maximum atomic E-state index is 12.0. The van der Waals surface area contributed by atoms with E-state index in [1.807, 2.05) is 0 Å². The van der Waals surface area contributed by atoms with Crippen LogP contribution in [0.1, 0.15) is 38.2 Å². The van der Waals surface area contributed by atoms with Gasteiger partial charge in [-0.2, -0.15) is 0 Å². The van der Waals surface area contributed by atoms with Crippen molar-refractivity contribution in [3.63, 3.8) is 0 Å². The molecular weight excluding hydrogens is 364 g/mol. The molecule has 28 heavy (non-hydrogen) atoms. The molecule has 3 N–H and O–H groups in total. The van der Waals surface area contributed by atoms with Crippen LogP contribution < -0.4 is 10.6 Å². The Balaban J connectivity index is 1.43. The number of urea groups is 1. The molecule has 2 atom stereocenters. The number of aromatic hydroxyl groups is 1. The summed E-state index contributed by atoms with van der Waals surface area (Å²) in [5, 5.41) is 15.1. The monoisotopic (exact) mass is 388 g/mol. The summed E-state index contributed by atoms with van der Waals surface area (Å²) in [6.07, 6.45) is 5.49. The molecule has 0 aliphatic heterocycles. The highest BCUT2D eigenvalue weighted by molar-refractivity contribution is 5.96.